The van der Waals surface area contributed by atoms with Crippen molar-refractivity contribution in [1.29, 1.82) is 0 Å². The van der Waals surface area contributed by atoms with E-state index in [1.165, 1.54) is 7.11 Å². The molecule has 1 aliphatic heterocycles. The monoisotopic (exact) mass is 317 g/mol. The van der Waals surface area contributed by atoms with Crippen LogP contribution in [-0.2, 0) is 14.3 Å². The van der Waals surface area contributed by atoms with Crippen LogP contribution < -0.4 is 16.0 Å². The van der Waals surface area contributed by atoms with Gasteiger partial charge in [0.2, 0.25) is 5.91 Å². The average Bonchev–Trinajstić information content (AvgIpc) is 2.39. The molecule has 1 aliphatic rings. The molecule has 132 valence electrons. The van der Waals surface area contributed by atoms with E-state index < -0.39 is 0 Å². The lowest BCUT2D eigenvalue weighted by atomic mass is 10.2. The number of piperazine rings is 1. The van der Waals surface area contributed by atoms with Crippen LogP contribution in [0.1, 0.15) is 41.5 Å². The number of hydrogen-bond acceptors (Lipinski definition) is 5. The summed E-state index contributed by atoms with van der Waals surface area (Å²) in [6.45, 7) is 14.8. The highest BCUT2D eigenvalue weighted by atomic mass is 16.5. The topological polar surface area (TPSA) is 79.5 Å². The molecule has 1 amide bonds. The molecule has 1 saturated heterocycles. The number of carbonyl (C=O) groups excluding carboxylic acids is 2. The summed E-state index contributed by atoms with van der Waals surface area (Å²) in [7, 11) is 1.35. The van der Waals surface area contributed by atoms with E-state index in [4.69, 9.17) is 0 Å². The molecule has 0 radical (unpaired) electrons. The zero-order valence-corrected chi connectivity index (χ0v) is 15.3. The van der Waals surface area contributed by atoms with E-state index in [9.17, 15) is 9.59 Å². The zero-order chi connectivity index (χ0) is 17.5. The first-order valence-corrected chi connectivity index (χ1v) is 7.96. The SMILES string of the molecule is CC(C)C.CC(C)C.COC(=O)CNCC1CNC(=O)CN1. The van der Waals surface area contributed by atoms with E-state index in [0.717, 1.165) is 11.8 Å². The molecule has 1 rings (SSSR count). The molecule has 1 heterocycles. The highest BCUT2D eigenvalue weighted by molar-refractivity contribution is 5.78. The summed E-state index contributed by atoms with van der Waals surface area (Å²) in [4.78, 5) is 21.5. The summed E-state index contributed by atoms with van der Waals surface area (Å²) >= 11 is 0. The summed E-state index contributed by atoms with van der Waals surface area (Å²) in [5.41, 5.74) is 0. The molecule has 0 aliphatic carbocycles. The van der Waals surface area contributed by atoms with Crippen molar-refractivity contribution in [2.75, 3.05) is 33.3 Å². The minimum atomic E-state index is -0.287. The van der Waals surface area contributed by atoms with Gasteiger partial charge in [-0.05, 0) is 11.8 Å². The van der Waals surface area contributed by atoms with Gasteiger partial charge in [0.15, 0.2) is 0 Å². The van der Waals surface area contributed by atoms with Crippen molar-refractivity contribution in [2.45, 2.75) is 47.6 Å². The molecule has 0 saturated carbocycles. The standard InChI is InChI=1S/C8H15N3O3.2C4H10/c1-14-8(13)5-9-2-6-3-11-7(12)4-10-6;2*1-4(2)3/h6,9-10H,2-5H2,1H3,(H,11,12);2*4H,1-3H3. The van der Waals surface area contributed by atoms with Crippen molar-refractivity contribution in [3.8, 4) is 0 Å². The number of methoxy groups -OCH3 is 1. The minimum Gasteiger partial charge on any atom is -0.468 e. The normalized spacial score (nSPS) is 17.0. The van der Waals surface area contributed by atoms with Gasteiger partial charge in [-0.3, -0.25) is 9.59 Å². The molecule has 0 aromatic carbocycles. The molecular weight excluding hydrogens is 282 g/mol. The second-order valence-electron chi connectivity index (χ2n) is 6.55. The maximum Gasteiger partial charge on any atom is 0.319 e. The zero-order valence-electron chi connectivity index (χ0n) is 15.3. The summed E-state index contributed by atoms with van der Waals surface area (Å²) in [6, 6.07) is 0.178. The van der Waals surface area contributed by atoms with Gasteiger partial charge < -0.3 is 20.7 Å². The molecule has 0 aromatic rings. The Morgan fingerprint density at radius 3 is 2.09 bits per heavy atom. The van der Waals surface area contributed by atoms with E-state index in [-0.39, 0.29) is 24.5 Å². The fourth-order valence-electron chi connectivity index (χ4n) is 1.17. The predicted molar refractivity (Wildman–Crippen MR) is 90.7 cm³/mol. The molecule has 6 heteroatoms. The van der Waals surface area contributed by atoms with Crippen LogP contribution in [0.5, 0.6) is 0 Å². The second kappa shape index (κ2) is 14.8. The average molecular weight is 317 g/mol. The van der Waals surface area contributed by atoms with E-state index in [0.29, 0.717) is 19.6 Å². The number of ether oxygens (including phenoxy) is 1. The maximum absolute atomic E-state index is 10.8. The number of esters is 1. The van der Waals surface area contributed by atoms with Crippen LogP contribution in [0.2, 0.25) is 0 Å². The molecule has 1 atom stereocenters. The highest BCUT2D eigenvalue weighted by Gasteiger charge is 2.16. The molecule has 1 fully saturated rings. The van der Waals surface area contributed by atoms with Crippen LogP contribution in [0.15, 0.2) is 0 Å². The largest absolute Gasteiger partial charge is 0.468 e. The van der Waals surface area contributed by atoms with E-state index in [1.807, 2.05) is 0 Å². The molecular formula is C16H35N3O3. The Balaban J connectivity index is 0. The van der Waals surface area contributed by atoms with Gasteiger partial charge in [0.25, 0.3) is 0 Å². The van der Waals surface area contributed by atoms with Crippen LogP contribution in [0, 0.1) is 11.8 Å². The third-order valence-corrected chi connectivity index (χ3v) is 1.98. The van der Waals surface area contributed by atoms with Gasteiger partial charge in [-0.15, -0.1) is 0 Å². The summed E-state index contributed by atoms with van der Waals surface area (Å²) < 4.78 is 4.47. The number of hydrogen-bond donors (Lipinski definition) is 3. The van der Waals surface area contributed by atoms with Crippen molar-refractivity contribution < 1.29 is 14.3 Å². The van der Waals surface area contributed by atoms with Crippen LogP contribution >= 0.6 is 0 Å². The van der Waals surface area contributed by atoms with Crippen LogP contribution in [0.4, 0.5) is 0 Å². The third kappa shape index (κ3) is 21.2. The number of nitrogens with one attached hydrogen (secondary N) is 3. The second-order valence-corrected chi connectivity index (χ2v) is 6.55. The van der Waals surface area contributed by atoms with Crippen molar-refractivity contribution in [2.24, 2.45) is 11.8 Å². The Hall–Kier alpha value is -1.14. The Morgan fingerprint density at radius 2 is 1.73 bits per heavy atom. The molecule has 1 unspecified atom stereocenters. The van der Waals surface area contributed by atoms with Gasteiger partial charge >= 0.3 is 5.97 Å². The lowest BCUT2D eigenvalue weighted by Crippen LogP contribution is -2.55. The first-order valence-electron chi connectivity index (χ1n) is 7.96. The smallest absolute Gasteiger partial charge is 0.319 e. The molecule has 22 heavy (non-hydrogen) atoms. The van der Waals surface area contributed by atoms with E-state index >= 15 is 0 Å². The van der Waals surface area contributed by atoms with Gasteiger partial charge in [-0.2, -0.15) is 0 Å². The van der Waals surface area contributed by atoms with Crippen LogP contribution in [0.25, 0.3) is 0 Å². The first-order chi connectivity index (χ1) is 10.2. The third-order valence-electron chi connectivity index (χ3n) is 1.98. The van der Waals surface area contributed by atoms with Crippen LogP contribution in [-0.4, -0.2) is 51.2 Å². The van der Waals surface area contributed by atoms with Gasteiger partial charge in [-0.25, -0.2) is 0 Å². The maximum atomic E-state index is 10.8. The summed E-state index contributed by atoms with van der Waals surface area (Å²) in [5, 5.41) is 8.69. The number of amides is 1. The summed E-state index contributed by atoms with van der Waals surface area (Å²) in [5.74, 6) is 1.39. The quantitative estimate of drug-likeness (QED) is 0.678. The first kappa shape index (κ1) is 23.1. The van der Waals surface area contributed by atoms with Crippen molar-refractivity contribution in [3.63, 3.8) is 0 Å². The molecule has 0 aromatic heterocycles. The number of carbonyl (C=O) groups is 2. The van der Waals surface area contributed by atoms with Crippen LogP contribution in [0.3, 0.4) is 0 Å². The molecule has 3 N–H and O–H groups in total. The molecule has 0 spiro atoms. The van der Waals surface area contributed by atoms with Gasteiger partial charge in [0, 0.05) is 19.1 Å². The fourth-order valence-corrected chi connectivity index (χ4v) is 1.17. The van der Waals surface area contributed by atoms with Gasteiger partial charge in [-0.1, -0.05) is 41.5 Å². The Bertz CT molecular complexity index is 273. The number of rotatable bonds is 4. The Morgan fingerprint density at radius 1 is 1.23 bits per heavy atom. The van der Waals surface area contributed by atoms with Gasteiger partial charge in [0.1, 0.15) is 0 Å². The van der Waals surface area contributed by atoms with Crippen molar-refractivity contribution in [3.05, 3.63) is 0 Å². The summed E-state index contributed by atoms with van der Waals surface area (Å²) in [6.07, 6.45) is 0. The Kier molecular flexibility index (Phi) is 15.5. The molecule has 6 nitrogen and oxygen atoms in total. The van der Waals surface area contributed by atoms with Crippen molar-refractivity contribution in [1.82, 2.24) is 16.0 Å². The van der Waals surface area contributed by atoms with E-state index in [2.05, 4.69) is 62.2 Å². The highest BCUT2D eigenvalue weighted by Crippen LogP contribution is 1.86. The minimum absolute atomic E-state index is 0.00854. The predicted octanol–water partition coefficient (Wildman–Crippen LogP) is 1.16. The molecule has 0 bridgehead atoms. The Labute approximate surface area is 135 Å². The van der Waals surface area contributed by atoms with Gasteiger partial charge in [0.05, 0.1) is 20.2 Å². The fraction of sp³-hybridized carbons (Fsp3) is 0.875. The van der Waals surface area contributed by atoms with Crippen molar-refractivity contribution >= 4 is 11.9 Å². The lowest BCUT2D eigenvalue weighted by molar-refractivity contribution is -0.139. The lowest BCUT2D eigenvalue weighted by Gasteiger charge is -2.23. The van der Waals surface area contributed by atoms with E-state index in [1.54, 1.807) is 0 Å².